The van der Waals surface area contributed by atoms with Crippen LogP contribution in [-0.2, 0) is 11.3 Å². The molecule has 0 saturated carbocycles. The van der Waals surface area contributed by atoms with Crippen molar-refractivity contribution in [3.63, 3.8) is 0 Å². The molecule has 0 bridgehead atoms. The first-order chi connectivity index (χ1) is 12.4. The van der Waals surface area contributed by atoms with Crippen molar-refractivity contribution in [2.24, 2.45) is 0 Å². The molecular formula is C20H28N4O2. The fourth-order valence-corrected chi connectivity index (χ4v) is 3.63. The Morgan fingerprint density at radius 3 is 2.50 bits per heavy atom. The molecule has 1 aliphatic heterocycles. The second kappa shape index (κ2) is 7.58. The van der Waals surface area contributed by atoms with Crippen LogP contribution < -0.4 is 10.9 Å². The molecular weight excluding hydrogens is 328 g/mol. The van der Waals surface area contributed by atoms with Gasteiger partial charge in [0.15, 0.2) is 0 Å². The predicted octanol–water partition coefficient (Wildman–Crippen LogP) is 2.09. The number of fused-ring (bicyclic) bond motifs is 1. The number of aromatic nitrogens is 2. The topological polar surface area (TPSA) is 67.2 Å². The average molecular weight is 356 g/mol. The number of nitrogens with zero attached hydrogens (tertiary/aromatic N) is 3. The van der Waals surface area contributed by atoms with Gasteiger partial charge in [0.25, 0.3) is 5.56 Å². The molecule has 1 fully saturated rings. The fraction of sp³-hybridized carbons (Fsp3) is 0.550. The SMILES string of the molecule is Cc1nn(CC(=O)NCC(C)(C)N2CCCCC2)c(=O)c2ccccc12. The Hall–Kier alpha value is -2.21. The second-order valence-corrected chi connectivity index (χ2v) is 7.73. The summed E-state index contributed by atoms with van der Waals surface area (Å²) in [5, 5.41) is 8.72. The van der Waals surface area contributed by atoms with Crippen LogP contribution in [0.15, 0.2) is 29.1 Å². The fourth-order valence-electron chi connectivity index (χ4n) is 3.63. The molecule has 0 spiro atoms. The summed E-state index contributed by atoms with van der Waals surface area (Å²) in [6.07, 6.45) is 3.72. The number of carbonyl (C=O) groups is 1. The molecule has 6 heteroatoms. The first kappa shape index (κ1) is 18.6. The van der Waals surface area contributed by atoms with E-state index in [4.69, 9.17) is 0 Å². The van der Waals surface area contributed by atoms with Crippen LogP contribution in [0.5, 0.6) is 0 Å². The largest absolute Gasteiger partial charge is 0.353 e. The number of hydrogen-bond acceptors (Lipinski definition) is 4. The summed E-state index contributed by atoms with van der Waals surface area (Å²) >= 11 is 0. The quantitative estimate of drug-likeness (QED) is 0.891. The highest BCUT2D eigenvalue weighted by atomic mass is 16.2. The van der Waals surface area contributed by atoms with Gasteiger partial charge in [-0.05, 0) is 52.8 Å². The van der Waals surface area contributed by atoms with Gasteiger partial charge < -0.3 is 5.32 Å². The summed E-state index contributed by atoms with van der Waals surface area (Å²) in [7, 11) is 0. The molecule has 0 aliphatic carbocycles. The van der Waals surface area contributed by atoms with E-state index in [9.17, 15) is 9.59 Å². The van der Waals surface area contributed by atoms with E-state index in [1.54, 1.807) is 6.07 Å². The maximum atomic E-state index is 12.6. The Bertz CT molecular complexity index is 851. The van der Waals surface area contributed by atoms with E-state index in [-0.39, 0.29) is 23.6 Å². The molecule has 3 rings (SSSR count). The van der Waals surface area contributed by atoms with Crippen molar-refractivity contribution in [2.75, 3.05) is 19.6 Å². The van der Waals surface area contributed by atoms with Crippen molar-refractivity contribution in [1.82, 2.24) is 20.0 Å². The highest BCUT2D eigenvalue weighted by Crippen LogP contribution is 2.19. The molecule has 0 atom stereocenters. The number of nitrogens with one attached hydrogen (secondary N) is 1. The molecule has 1 aliphatic rings. The van der Waals surface area contributed by atoms with Crippen LogP contribution in [0.1, 0.15) is 38.8 Å². The Labute approximate surface area is 154 Å². The minimum Gasteiger partial charge on any atom is -0.353 e. The van der Waals surface area contributed by atoms with Crippen molar-refractivity contribution in [1.29, 1.82) is 0 Å². The lowest BCUT2D eigenvalue weighted by molar-refractivity contribution is -0.122. The zero-order valence-electron chi connectivity index (χ0n) is 15.9. The van der Waals surface area contributed by atoms with E-state index < -0.39 is 0 Å². The Morgan fingerprint density at radius 2 is 1.81 bits per heavy atom. The normalized spacial score (nSPS) is 16.0. The lowest BCUT2D eigenvalue weighted by Gasteiger charge is -2.41. The molecule has 6 nitrogen and oxygen atoms in total. The van der Waals surface area contributed by atoms with E-state index in [1.165, 1.54) is 23.9 Å². The third-order valence-electron chi connectivity index (χ3n) is 5.28. The molecule has 1 saturated heterocycles. The first-order valence-electron chi connectivity index (χ1n) is 9.37. The van der Waals surface area contributed by atoms with Gasteiger partial charge in [-0.3, -0.25) is 14.5 Å². The van der Waals surface area contributed by atoms with Gasteiger partial charge in [-0.15, -0.1) is 0 Å². The van der Waals surface area contributed by atoms with Crippen molar-refractivity contribution >= 4 is 16.7 Å². The number of amides is 1. The monoisotopic (exact) mass is 356 g/mol. The molecule has 26 heavy (non-hydrogen) atoms. The van der Waals surface area contributed by atoms with Crippen molar-refractivity contribution < 1.29 is 4.79 Å². The van der Waals surface area contributed by atoms with Crippen LogP contribution in [0.4, 0.5) is 0 Å². The van der Waals surface area contributed by atoms with E-state index >= 15 is 0 Å². The number of rotatable bonds is 5. The van der Waals surface area contributed by atoms with Gasteiger partial charge in [-0.25, -0.2) is 4.68 Å². The summed E-state index contributed by atoms with van der Waals surface area (Å²) in [5.74, 6) is -0.181. The average Bonchev–Trinajstić information content (AvgIpc) is 2.65. The summed E-state index contributed by atoms with van der Waals surface area (Å²) in [4.78, 5) is 27.4. The van der Waals surface area contributed by atoms with Crippen molar-refractivity contribution in [3.8, 4) is 0 Å². The summed E-state index contributed by atoms with van der Waals surface area (Å²) in [5.41, 5.74) is 0.437. The van der Waals surface area contributed by atoms with Gasteiger partial charge in [0.2, 0.25) is 5.91 Å². The number of carbonyl (C=O) groups excluding carboxylic acids is 1. The minimum absolute atomic E-state index is 0.0550. The lowest BCUT2D eigenvalue weighted by Crippen LogP contribution is -2.53. The van der Waals surface area contributed by atoms with E-state index in [2.05, 4.69) is 29.2 Å². The van der Waals surface area contributed by atoms with Crippen LogP contribution in [0.3, 0.4) is 0 Å². The van der Waals surface area contributed by atoms with Crippen LogP contribution in [-0.4, -0.2) is 45.8 Å². The first-order valence-corrected chi connectivity index (χ1v) is 9.37. The van der Waals surface area contributed by atoms with Gasteiger partial charge in [0.1, 0.15) is 6.54 Å². The predicted molar refractivity (Wildman–Crippen MR) is 103 cm³/mol. The molecule has 1 amide bonds. The minimum atomic E-state index is -0.225. The van der Waals surface area contributed by atoms with Crippen LogP contribution >= 0.6 is 0 Å². The van der Waals surface area contributed by atoms with Gasteiger partial charge in [-0.2, -0.15) is 5.10 Å². The third kappa shape index (κ3) is 3.96. The number of likely N-dealkylation sites (tertiary alicyclic amines) is 1. The van der Waals surface area contributed by atoms with Gasteiger partial charge in [0.05, 0.1) is 11.1 Å². The molecule has 1 aromatic heterocycles. The lowest BCUT2D eigenvalue weighted by atomic mass is 9.98. The summed E-state index contributed by atoms with van der Waals surface area (Å²) in [6, 6.07) is 7.37. The van der Waals surface area contributed by atoms with Crippen molar-refractivity contribution in [3.05, 3.63) is 40.3 Å². The molecule has 1 aromatic carbocycles. The zero-order valence-corrected chi connectivity index (χ0v) is 15.9. The zero-order chi connectivity index (χ0) is 18.7. The highest BCUT2D eigenvalue weighted by molar-refractivity contribution is 5.83. The Kier molecular flexibility index (Phi) is 5.41. The molecule has 140 valence electrons. The summed E-state index contributed by atoms with van der Waals surface area (Å²) in [6.45, 7) is 8.83. The number of aryl methyl sites for hydroxylation is 1. The Morgan fingerprint density at radius 1 is 1.15 bits per heavy atom. The molecule has 2 aromatic rings. The van der Waals surface area contributed by atoms with Gasteiger partial charge >= 0.3 is 0 Å². The molecule has 0 unspecified atom stereocenters. The number of piperidine rings is 1. The van der Waals surface area contributed by atoms with Crippen LogP contribution in [0, 0.1) is 6.92 Å². The van der Waals surface area contributed by atoms with Crippen LogP contribution in [0.2, 0.25) is 0 Å². The van der Waals surface area contributed by atoms with E-state index in [0.29, 0.717) is 11.9 Å². The summed E-state index contributed by atoms with van der Waals surface area (Å²) < 4.78 is 1.26. The smallest absolute Gasteiger partial charge is 0.275 e. The van der Waals surface area contributed by atoms with Gasteiger partial charge in [0, 0.05) is 17.5 Å². The maximum absolute atomic E-state index is 12.6. The molecule has 0 radical (unpaired) electrons. The van der Waals surface area contributed by atoms with Crippen LogP contribution in [0.25, 0.3) is 10.8 Å². The molecule has 2 heterocycles. The maximum Gasteiger partial charge on any atom is 0.275 e. The van der Waals surface area contributed by atoms with Crippen molar-refractivity contribution in [2.45, 2.75) is 52.1 Å². The second-order valence-electron chi connectivity index (χ2n) is 7.73. The molecule has 1 N–H and O–H groups in total. The standard InChI is InChI=1S/C20H28N4O2/c1-15-16-9-5-6-10-17(16)19(26)24(22-15)13-18(25)21-14-20(2,3)23-11-7-4-8-12-23/h5-6,9-10H,4,7-8,11-14H2,1-3H3,(H,21,25). The van der Waals surface area contributed by atoms with Gasteiger partial charge in [-0.1, -0.05) is 24.6 Å². The van der Waals surface area contributed by atoms with E-state index in [1.807, 2.05) is 25.1 Å². The third-order valence-corrected chi connectivity index (χ3v) is 5.28. The Balaban J connectivity index is 1.67. The van der Waals surface area contributed by atoms with E-state index in [0.717, 1.165) is 24.2 Å². The number of benzene rings is 1. The highest BCUT2D eigenvalue weighted by Gasteiger charge is 2.28. The number of hydrogen-bond donors (Lipinski definition) is 1.